The molecule has 2 aliphatic rings. The molecule has 1 heterocycles. The maximum Gasteiger partial charge on any atom is 0.389 e. The molecule has 1 aliphatic carbocycles. The summed E-state index contributed by atoms with van der Waals surface area (Å²) in [5.41, 5.74) is 3.52. The van der Waals surface area contributed by atoms with Crippen molar-refractivity contribution in [1.29, 1.82) is 0 Å². The summed E-state index contributed by atoms with van der Waals surface area (Å²) in [6.07, 6.45) is -1.32. The van der Waals surface area contributed by atoms with Crippen LogP contribution in [0.15, 0.2) is 23.8 Å². The lowest BCUT2D eigenvalue weighted by Gasteiger charge is -2.27. The number of aliphatic carboxylic acids is 1. The van der Waals surface area contributed by atoms with Crippen molar-refractivity contribution in [2.75, 3.05) is 26.2 Å². The highest BCUT2D eigenvalue weighted by atomic mass is 19.4. The number of fused-ring (bicyclic) bond motifs is 1. The first kappa shape index (κ1) is 20.7. The number of halogens is 3. The second-order valence-electron chi connectivity index (χ2n) is 7.81. The highest BCUT2D eigenvalue weighted by Crippen LogP contribution is 2.32. The van der Waals surface area contributed by atoms with Gasteiger partial charge in [-0.3, -0.25) is 9.69 Å². The molecule has 3 rings (SSSR count). The number of benzene rings is 1. The smallest absolute Gasteiger partial charge is 0.389 e. The SMILES string of the molecule is C[C@H]1Cc2cc(OCCCC(F)(F)F)ccc2C=C1CN1CC[C@@H](C(=O)O)C1. The molecule has 2 atom stereocenters. The normalized spacial score (nSPS) is 22.6. The maximum absolute atomic E-state index is 12.2. The van der Waals surface area contributed by atoms with E-state index in [1.165, 1.54) is 5.57 Å². The fourth-order valence-corrected chi connectivity index (χ4v) is 3.89. The van der Waals surface area contributed by atoms with Gasteiger partial charge in [-0.2, -0.15) is 13.2 Å². The second-order valence-corrected chi connectivity index (χ2v) is 7.81. The van der Waals surface area contributed by atoms with Gasteiger partial charge in [-0.05, 0) is 55.0 Å². The van der Waals surface area contributed by atoms with Gasteiger partial charge in [0.25, 0.3) is 0 Å². The predicted octanol–water partition coefficient (Wildman–Crippen LogP) is 4.39. The third-order valence-corrected chi connectivity index (χ3v) is 5.52. The third-order valence-electron chi connectivity index (χ3n) is 5.52. The van der Waals surface area contributed by atoms with Crippen molar-refractivity contribution in [3.8, 4) is 5.75 Å². The number of alkyl halides is 3. The largest absolute Gasteiger partial charge is 0.494 e. The molecule has 1 aromatic rings. The summed E-state index contributed by atoms with van der Waals surface area (Å²) in [6, 6.07) is 5.67. The van der Waals surface area contributed by atoms with E-state index in [4.69, 9.17) is 9.84 Å². The standard InChI is InChI=1S/C21H26F3NO3/c1-14-9-17-11-19(28-8-2-6-21(22,23)24)4-3-15(17)10-18(14)13-25-7-5-16(12-25)20(26)27/h3-4,10-11,14,16H,2,5-9,12-13H2,1H3,(H,26,27)/t14-,16+/m0/s1. The average molecular weight is 397 g/mol. The minimum Gasteiger partial charge on any atom is -0.494 e. The summed E-state index contributed by atoms with van der Waals surface area (Å²) in [4.78, 5) is 13.3. The van der Waals surface area contributed by atoms with Gasteiger partial charge in [-0.25, -0.2) is 0 Å². The van der Waals surface area contributed by atoms with E-state index in [0.29, 0.717) is 24.6 Å². The van der Waals surface area contributed by atoms with Gasteiger partial charge in [0.2, 0.25) is 0 Å². The quantitative estimate of drug-likeness (QED) is 0.694. The van der Waals surface area contributed by atoms with Crippen LogP contribution in [-0.4, -0.2) is 48.4 Å². The second kappa shape index (κ2) is 8.55. The van der Waals surface area contributed by atoms with Gasteiger partial charge in [0.1, 0.15) is 5.75 Å². The Kier molecular flexibility index (Phi) is 6.33. The molecule has 1 fully saturated rings. The maximum atomic E-state index is 12.2. The van der Waals surface area contributed by atoms with Crippen LogP contribution in [0.1, 0.15) is 37.3 Å². The van der Waals surface area contributed by atoms with E-state index in [1.807, 2.05) is 12.1 Å². The fraction of sp³-hybridized carbons (Fsp3) is 0.571. The van der Waals surface area contributed by atoms with Crippen molar-refractivity contribution < 1.29 is 27.8 Å². The highest BCUT2D eigenvalue weighted by molar-refractivity contribution is 5.70. The number of nitrogens with zero attached hydrogens (tertiary/aromatic N) is 1. The topological polar surface area (TPSA) is 49.8 Å². The molecule has 0 bridgehead atoms. The van der Waals surface area contributed by atoms with Crippen LogP contribution in [0, 0.1) is 11.8 Å². The average Bonchev–Trinajstić information content (AvgIpc) is 3.07. The lowest BCUT2D eigenvalue weighted by Crippen LogP contribution is -2.28. The Balaban J connectivity index is 1.58. The van der Waals surface area contributed by atoms with Crippen LogP contribution < -0.4 is 4.74 Å². The Labute approximate surface area is 163 Å². The van der Waals surface area contributed by atoms with E-state index in [1.54, 1.807) is 6.07 Å². The fourth-order valence-electron chi connectivity index (χ4n) is 3.89. The Bertz CT molecular complexity index is 745. The zero-order chi connectivity index (χ0) is 20.3. The number of carboxylic acids is 1. The molecule has 28 heavy (non-hydrogen) atoms. The molecule has 1 aromatic carbocycles. The van der Waals surface area contributed by atoms with Crippen LogP contribution in [0.2, 0.25) is 0 Å². The molecule has 1 N–H and O–H groups in total. The summed E-state index contributed by atoms with van der Waals surface area (Å²) >= 11 is 0. The minimum absolute atomic E-state index is 0.0474. The number of carboxylic acid groups (broad SMARTS) is 1. The molecule has 0 spiro atoms. The summed E-state index contributed by atoms with van der Waals surface area (Å²) in [7, 11) is 0. The predicted molar refractivity (Wildman–Crippen MR) is 100 cm³/mol. The molecule has 1 aliphatic heterocycles. The van der Waals surface area contributed by atoms with E-state index in [9.17, 15) is 18.0 Å². The molecular formula is C21H26F3NO3. The Morgan fingerprint density at radius 1 is 1.36 bits per heavy atom. The van der Waals surface area contributed by atoms with Gasteiger partial charge in [0.05, 0.1) is 12.5 Å². The van der Waals surface area contributed by atoms with Crippen LogP contribution in [0.4, 0.5) is 13.2 Å². The van der Waals surface area contributed by atoms with Crippen LogP contribution in [0.3, 0.4) is 0 Å². The number of hydrogen-bond donors (Lipinski definition) is 1. The number of carbonyl (C=O) groups is 1. The lowest BCUT2D eigenvalue weighted by atomic mass is 9.84. The van der Waals surface area contributed by atoms with E-state index < -0.39 is 18.6 Å². The number of hydrogen-bond acceptors (Lipinski definition) is 3. The first-order valence-corrected chi connectivity index (χ1v) is 9.69. The van der Waals surface area contributed by atoms with Crippen molar-refractivity contribution in [1.82, 2.24) is 4.90 Å². The Morgan fingerprint density at radius 3 is 2.82 bits per heavy atom. The lowest BCUT2D eigenvalue weighted by molar-refractivity contribution is -0.141. The van der Waals surface area contributed by atoms with Crippen molar-refractivity contribution >= 4 is 12.0 Å². The first-order valence-electron chi connectivity index (χ1n) is 9.69. The molecule has 154 valence electrons. The molecule has 0 saturated carbocycles. The molecule has 0 unspecified atom stereocenters. The third kappa shape index (κ3) is 5.50. The van der Waals surface area contributed by atoms with E-state index >= 15 is 0 Å². The minimum atomic E-state index is -4.14. The van der Waals surface area contributed by atoms with Crippen molar-refractivity contribution in [2.45, 2.75) is 38.8 Å². The van der Waals surface area contributed by atoms with Crippen LogP contribution in [0.5, 0.6) is 5.75 Å². The summed E-state index contributed by atoms with van der Waals surface area (Å²) < 4.78 is 42.1. The van der Waals surface area contributed by atoms with Gasteiger partial charge < -0.3 is 9.84 Å². The van der Waals surface area contributed by atoms with Gasteiger partial charge in [0, 0.05) is 19.5 Å². The number of rotatable bonds is 7. The Hall–Kier alpha value is -2.02. The molecule has 4 nitrogen and oxygen atoms in total. The van der Waals surface area contributed by atoms with Crippen molar-refractivity contribution in [2.24, 2.45) is 11.8 Å². The monoisotopic (exact) mass is 397 g/mol. The zero-order valence-electron chi connectivity index (χ0n) is 16.0. The number of likely N-dealkylation sites (tertiary alicyclic amines) is 1. The number of ether oxygens (including phenoxy) is 1. The zero-order valence-corrected chi connectivity index (χ0v) is 16.0. The van der Waals surface area contributed by atoms with Crippen LogP contribution in [0.25, 0.3) is 6.08 Å². The van der Waals surface area contributed by atoms with Gasteiger partial charge >= 0.3 is 12.1 Å². The van der Waals surface area contributed by atoms with E-state index in [0.717, 1.165) is 30.6 Å². The summed E-state index contributed by atoms with van der Waals surface area (Å²) in [5.74, 6) is -0.0595. The molecule has 1 saturated heterocycles. The van der Waals surface area contributed by atoms with Gasteiger partial charge in [-0.15, -0.1) is 0 Å². The molecule has 0 aromatic heterocycles. The Morgan fingerprint density at radius 2 is 2.14 bits per heavy atom. The first-order chi connectivity index (χ1) is 13.2. The molecule has 7 heteroatoms. The van der Waals surface area contributed by atoms with Crippen molar-refractivity contribution in [3.63, 3.8) is 0 Å². The van der Waals surface area contributed by atoms with Gasteiger partial charge in [0.15, 0.2) is 0 Å². The highest BCUT2D eigenvalue weighted by Gasteiger charge is 2.30. The van der Waals surface area contributed by atoms with E-state index in [2.05, 4.69) is 17.9 Å². The van der Waals surface area contributed by atoms with Gasteiger partial charge in [-0.1, -0.05) is 24.6 Å². The molecule has 0 radical (unpaired) electrons. The van der Waals surface area contributed by atoms with Crippen molar-refractivity contribution in [3.05, 3.63) is 34.9 Å². The molecule has 0 amide bonds. The summed E-state index contributed by atoms with van der Waals surface area (Å²) in [6.45, 7) is 4.38. The van der Waals surface area contributed by atoms with Crippen LogP contribution >= 0.6 is 0 Å². The van der Waals surface area contributed by atoms with Crippen LogP contribution in [-0.2, 0) is 11.2 Å². The van der Waals surface area contributed by atoms with E-state index in [-0.39, 0.29) is 18.9 Å². The summed E-state index contributed by atoms with van der Waals surface area (Å²) in [5, 5.41) is 9.15. The molecular weight excluding hydrogens is 371 g/mol.